The Morgan fingerprint density at radius 1 is 1.08 bits per heavy atom. The highest BCUT2D eigenvalue weighted by atomic mass is 16.5. The normalized spacial score (nSPS) is 13.1. The summed E-state index contributed by atoms with van der Waals surface area (Å²) in [6.07, 6.45) is 9.58. The Morgan fingerprint density at radius 2 is 1.72 bits per heavy atom. The summed E-state index contributed by atoms with van der Waals surface area (Å²) in [6, 6.07) is 6.80. The number of benzene rings is 1. The standard InChI is InChI=1S/C22H35NO2/c1-17(2)7-5-8-18(3)9-6-10-19(4)15-16-25-22(24)20-11-13-21(23)14-12-20/h11-15,17-18H,5-10,16,23H2,1-4H3/b19-15+. The molecule has 0 saturated heterocycles. The van der Waals surface area contributed by atoms with Crippen molar-refractivity contribution in [1.29, 1.82) is 0 Å². The Hall–Kier alpha value is -1.77. The molecule has 1 aromatic rings. The lowest BCUT2D eigenvalue weighted by atomic mass is 9.94. The highest BCUT2D eigenvalue weighted by molar-refractivity contribution is 5.89. The van der Waals surface area contributed by atoms with Gasteiger partial charge in [0.2, 0.25) is 0 Å². The molecule has 0 spiro atoms. The van der Waals surface area contributed by atoms with E-state index in [9.17, 15) is 4.79 Å². The fraction of sp³-hybridized carbons (Fsp3) is 0.591. The van der Waals surface area contributed by atoms with Gasteiger partial charge in [0.1, 0.15) is 6.61 Å². The number of allylic oxidation sites excluding steroid dienone is 1. The van der Waals surface area contributed by atoms with Gasteiger partial charge in [0.15, 0.2) is 0 Å². The number of esters is 1. The molecule has 1 rings (SSSR count). The molecular weight excluding hydrogens is 310 g/mol. The zero-order chi connectivity index (χ0) is 18.7. The van der Waals surface area contributed by atoms with E-state index in [1.54, 1.807) is 24.3 Å². The largest absolute Gasteiger partial charge is 0.458 e. The predicted molar refractivity (Wildman–Crippen MR) is 107 cm³/mol. The molecule has 1 unspecified atom stereocenters. The van der Waals surface area contributed by atoms with Crippen LogP contribution in [0.1, 0.15) is 76.6 Å². The molecule has 25 heavy (non-hydrogen) atoms. The van der Waals surface area contributed by atoms with Crippen molar-refractivity contribution in [1.82, 2.24) is 0 Å². The molecule has 0 aliphatic heterocycles. The molecule has 0 amide bonds. The van der Waals surface area contributed by atoms with Crippen molar-refractivity contribution in [3.63, 3.8) is 0 Å². The van der Waals surface area contributed by atoms with Crippen molar-refractivity contribution in [2.24, 2.45) is 11.8 Å². The van der Waals surface area contributed by atoms with E-state index in [-0.39, 0.29) is 5.97 Å². The monoisotopic (exact) mass is 345 g/mol. The van der Waals surface area contributed by atoms with Gasteiger partial charge in [-0.3, -0.25) is 0 Å². The van der Waals surface area contributed by atoms with E-state index in [1.165, 1.54) is 37.7 Å². The summed E-state index contributed by atoms with van der Waals surface area (Å²) in [7, 11) is 0. The molecule has 0 aliphatic carbocycles. The molecule has 0 bridgehead atoms. The summed E-state index contributed by atoms with van der Waals surface area (Å²) in [5.74, 6) is 1.31. The van der Waals surface area contributed by atoms with Crippen LogP contribution in [0.2, 0.25) is 0 Å². The number of carbonyl (C=O) groups excluding carboxylic acids is 1. The van der Waals surface area contributed by atoms with Gasteiger partial charge in [-0.2, -0.15) is 0 Å². The van der Waals surface area contributed by atoms with Crippen LogP contribution in [0.5, 0.6) is 0 Å². The predicted octanol–water partition coefficient (Wildman–Crippen LogP) is 6.00. The first-order chi connectivity index (χ1) is 11.9. The average molecular weight is 346 g/mol. The van der Waals surface area contributed by atoms with Gasteiger partial charge >= 0.3 is 5.97 Å². The summed E-state index contributed by atoms with van der Waals surface area (Å²) >= 11 is 0. The Bertz CT molecular complexity index is 531. The van der Waals surface area contributed by atoms with Crippen molar-refractivity contribution in [2.45, 2.75) is 66.2 Å². The highest BCUT2D eigenvalue weighted by Crippen LogP contribution is 2.19. The molecule has 0 radical (unpaired) electrons. The fourth-order valence-electron chi connectivity index (χ4n) is 2.81. The van der Waals surface area contributed by atoms with Crippen LogP contribution in [0.25, 0.3) is 0 Å². The highest BCUT2D eigenvalue weighted by Gasteiger charge is 2.06. The number of ether oxygens (including phenoxy) is 1. The summed E-state index contributed by atoms with van der Waals surface area (Å²) in [5.41, 5.74) is 8.09. The maximum atomic E-state index is 11.9. The number of hydrogen-bond acceptors (Lipinski definition) is 3. The average Bonchev–Trinajstić information content (AvgIpc) is 2.55. The van der Waals surface area contributed by atoms with Crippen molar-refractivity contribution in [3.8, 4) is 0 Å². The van der Waals surface area contributed by atoms with Crippen molar-refractivity contribution in [3.05, 3.63) is 41.5 Å². The second-order valence-corrected chi connectivity index (χ2v) is 7.59. The third-order valence-electron chi connectivity index (χ3n) is 4.54. The molecule has 3 heteroatoms. The molecule has 3 nitrogen and oxygen atoms in total. The minimum Gasteiger partial charge on any atom is -0.458 e. The van der Waals surface area contributed by atoms with Gasteiger partial charge in [0, 0.05) is 5.69 Å². The van der Waals surface area contributed by atoms with Gasteiger partial charge in [-0.25, -0.2) is 4.79 Å². The summed E-state index contributed by atoms with van der Waals surface area (Å²) in [4.78, 5) is 11.9. The zero-order valence-electron chi connectivity index (χ0n) is 16.4. The number of hydrogen-bond donors (Lipinski definition) is 1. The molecule has 0 aliphatic rings. The first-order valence-corrected chi connectivity index (χ1v) is 9.56. The van der Waals surface area contributed by atoms with E-state index in [1.807, 2.05) is 6.08 Å². The van der Waals surface area contributed by atoms with Crippen LogP contribution in [0.3, 0.4) is 0 Å². The van der Waals surface area contributed by atoms with E-state index in [2.05, 4.69) is 27.7 Å². The summed E-state index contributed by atoms with van der Waals surface area (Å²) in [6.45, 7) is 9.38. The van der Waals surface area contributed by atoms with Gasteiger partial charge in [-0.1, -0.05) is 52.0 Å². The van der Waals surface area contributed by atoms with Crippen LogP contribution in [0, 0.1) is 11.8 Å². The molecular formula is C22H35NO2. The Balaban J connectivity index is 2.18. The van der Waals surface area contributed by atoms with Crippen LogP contribution in [0.4, 0.5) is 5.69 Å². The lowest BCUT2D eigenvalue weighted by Gasteiger charge is -2.12. The smallest absolute Gasteiger partial charge is 0.338 e. The molecule has 1 aromatic carbocycles. The first-order valence-electron chi connectivity index (χ1n) is 9.56. The van der Waals surface area contributed by atoms with Crippen LogP contribution in [0.15, 0.2) is 35.9 Å². The van der Waals surface area contributed by atoms with Crippen LogP contribution < -0.4 is 5.73 Å². The molecule has 0 aromatic heterocycles. The van der Waals surface area contributed by atoms with Crippen molar-refractivity contribution in [2.75, 3.05) is 12.3 Å². The summed E-state index contributed by atoms with van der Waals surface area (Å²) < 4.78 is 5.29. The maximum Gasteiger partial charge on any atom is 0.338 e. The minimum absolute atomic E-state index is 0.303. The molecule has 0 heterocycles. The van der Waals surface area contributed by atoms with E-state index in [0.29, 0.717) is 17.9 Å². The lowest BCUT2D eigenvalue weighted by Crippen LogP contribution is -2.05. The number of rotatable bonds is 11. The Kier molecular flexibility index (Phi) is 9.98. The van der Waals surface area contributed by atoms with Crippen LogP contribution in [-0.4, -0.2) is 12.6 Å². The molecule has 0 saturated carbocycles. The third-order valence-corrected chi connectivity index (χ3v) is 4.54. The number of anilines is 1. The van der Waals surface area contributed by atoms with Crippen molar-refractivity contribution >= 4 is 11.7 Å². The number of nitrogen functional groups attached to an aromatic ring is 1. The fourth-order valence-corrected chi connectivity index (χ4v) is 2.81. The first kappa shape index (κ1) is 21.3. The van der Waals surface area contributed by atoms with Crippen LogP contribution in [-0.2, 0) is 4.74 Å². The molecule has 2 N–H and O–H groups in total. The Labute approximate surface area is 153 Å². The second kappa shape index (κ2) is 11.7. The van der Waals surface area contributed by atoms with E-state index < -0.39 is 0 Å². The SMILES string of the molecule is C/C(=C\COC(=O)c1ccc(N)cc1)CCCC(C)CCCC(C)C. The van der Waals surface area contributed by atoms with Gasteiger partial charge in [-0.15, -0.1) is 0 Å². The van der Waals surface area contributed by atoms with Gasteiger partial charge in [0.05, 0.1) is 5.56 Å². The Morgan fingerprint density at radius 3 is 2.36 bits per heavy atom. The summed E-state index contributed by atoms with van der Waals surface area (Å²) in [5, 5.41) is 0. The topological polar surface area (TPSA) is 52.3 Å². The maximum absolute atomic E-state index is 11.9. The number of nitrogens with two attached hydrogens (primary N) is 1. The van der Waals surface area contributed by atoms with E-state index in [0.717, 1.165) is 18.3 Å². The minimum atomic E-state index is -0.303. The van der Waals surface area contributed by atoms with Crippen LogP contribution >= 0.6 is 0 Å². The molecule has 1 atom stereocenters. The lowest BCUT2D eigenvalue weighted by molar-refractivity contribution is 0.0549. The molecule has 140 valence electrons. The van der Waals surface area contributed by atoms with Gasteiger partial charge in [-0.05, 0) is 61.9 Å². The third kappa shape index (κ3) is 9.96. The van der Waals surface area contributed by atoms with Crippen molar-refractivity contribution < 1.29 is 9.53 Å². The van der Waals surface area contributed by atoms with Gasteiger partial charge < -0.3 is 10.5 Å². The van der Waals surface area contributed by atoms with Gasteiger partial charge in [0.25, 0.3) is 0 Å². The van der Waals surface area contributed by atoms with E-state index >= 15 is 0 Å². The zero-order valence-corrected chi connectivity index (χ0v) is 16.4. The van der Waals surface area contributed by atoms with E-state index in [4.69, 9.17) is 10.5 Å². The molecule has 0 fully saturated rings. The second-order valence-electron chi connectivity index (χ2n) is 7.59. The quantitative estimate of drug-likeness (QED) is 0.304. The number of carbonyl (C=O) groups is 1.